The highest BCUT2D eigenvalue weighted by molar-refractivity contribution is 5.34. The summed E-state index contributed by atoms with van der Waals surface area (Å²) in [4.78, 5) is 13.2. The van der Waals surface area contributed by atoms with Crippen molar-refractivity contribution in [1.29, 1.82) is 0 Å². The van der Waals surface area contributed by atoms with Crippen molar-refractivity contribution < 1.29 is 9.31 Å². The lowest BCUT2D eigenvalue weighted by Crippen LogP contribution is -1.98. The Morgan fingerprint density at radius 3 is 2.67 bits per heavy atom. The summed E-state index contributed by atoms with van der Waals surface area (Å²) in [5.41, 5.74) is -0.0118. The van der Waals surface area contributed by atoms with Crippen LogP contribution in [0.5, 0.6) is 0 Å². The van der Waals surface area contributed by atoms with E-state index in [-0.39, 0.29) is 5.69 Å². The van der Waals surface area contributed by atoms with Crippen LogP contribution >= 0.6 is 0 Å². The summed E-state index contributed by atoms with van der Waals surface area (Å²) >= 11 is 0. The number of nitrogens with zero attached hydrogens (tertiary/aromatic N) is 2. The Morgan fingerprint density at radius 1 is 1.58 bits per heavy atom. The molecule has 0 atom stereocenters. The molecule has 0 bridgehead atoms. The normalized spacial score (nSPS) is 9.92. The highest BCUT2D eigenvalue weighted by Gasteiger charge is 2.17. The lowest BCUT2D eigenvalue weighted by Gasteiger charge is -1.98. The van der Waals surface area contributed by atoms with Gasteiger partial charge < -0.3 is 0 Å². The lowest BCUT2D eigenvalue weighted by atomic mass is 10.3. The summed E-state index contributed by atoms with van der Waals surface area (Å²) in [7, 11) is 0. The second-order valence-electron chi connectivity index (χ2n) is 2.44. The molecule has 0 unspecified atom stereocenters. The zero-order chi connectivity index (χ0) is 9.30. The lowest BCUT2D eigenvalue weighted by molar-refractivity contribution is -0.387. The van der Waals surface area contributed by atoms with Gasteiger partial charge in [-0.25, -0.2) is 0 Å². The zero-order valence-corrected chi connectivity index (χ0v) is 6.67. The van der Waals surface area contributed by atoms with Crippen molar-refractivity contribution in [2.45, 2.75) is 13.8 Å². The highest BCUT2D eigenvalue weighted by Crippen LogP contribution is 2.19. The number of hydrogen-bond donors (Lipinski definition) is 0. The SMILES string of the molecule is Cc1cc([N+](=O)[O-])c(F)c(C)n1. The van der Waals surface area contributed by atoms with E-state index in [2.05, 4.69) is 4.98 Å². The summed E-state index contributed by atoms with van der Waals surface area (Å²) in [6.07, 6.45) is 0. The topological polar surface area (TPSA) is 56.0 Å². The Hall–Kier alpha value is -1.52. The van der Waals surface area contributed by atoms with Crippen molar-refractivity contribution in [2.24, 2.45) is 0 Å². The van der Waals surface area contributed by atoms with Gasteiger partial charge in [-0.3, -0.25) is 15.1 Å². The quantitative estimate of drug-likeness (QED) is 0.476. The number of nitro groups is 1. The van der Waals surface area contributed by atoms with E-state index in [1.807, 2.05) is 0 Å². The van der Waals surface area contributed by atoms with Crippen LogP contribution in [0.4, 0.5) is 10.1 Å². The van der Waals surface area contributed by atoms with Gasteiger partial charge in [0.25, 0.3) is 0 Å². The number of pyridine rings is 1. The molecule has 0 aromatic carbocycles. The van der Waals surface area contributed by atoms with E-state index in [4.69, 9.17) is 0 Å². The van der Waals surface area contributed by atoms with Crippen molar-refractivity contribution in [2.75, 3.05) is 0 Å². The van der Waals surface area contributed by atoms with Gasteiger partial charge in [0.2, 0.25) is 5.82 Å². The predicted molar refractivity (Wildman–Crippen MR) is 40.3 cm³/mol. The van der Waals surface area contributed by atoms with Crippen molar-refractivity contribution in [3.63, 3.8) is 0 Å². The molecule has 1 aromatic heterocycles. The van der Waals surface area contributed by atoms with Gasteiger partial charge in [-0.2, -0.15) is 4.39 Å². The fraction of sp³-hybridized carbons (Fsp3) is 0.286. The molecule has 1 heterocycles. The summed E-state index contributed by atoms with van der Waals surface area (Å²) in [5, 5.41) is 10.3. The van der Waals surface area contributed by atoms with Crippen LogP contribution in [-0.4, -0.2) is 9.91 Å². The van der Waals surface area contributed by atoms with Gasteiger partial charge in [0.15, 0.2) is 0 Å². The minimum absolute atomic E-state index is 0.0571. The van der Waals surface area contributed by atoms with Crippen molar-refractivity contribution in [3.05, 3.63) is 33.4 Å². The third-order valence-corrected chi connectivity index (χ3v) is 1.43. The Bertz CT molecular complexity index is 338. The summed E-state index contributed by atoms with van der Waals surface area (Å²) in [5.74, 6) is -0.856. The van der Waals surface area contributed by atoms with E-state index in [0.29, 0.717) is 5.69 Å². The molecule has 0 aliphatic carbocycles. The minimum atomic E-state index is -0.856. The number of hydrogen-bond acceptors (Lipinski definition) is 3. The Labute approximate surface area is 68.2 Å². The second-order valence-corrected chi connectivity index (χ2v) is 2.44. The number of rotatable bonds is 1. The van der Waals surface area contributed by atoms with Gasteiger partial charge in [0.1, 0.15) is 0 Å². The van der Waals surface area contributed by atoms with E-state index in [1.54, 1.807) is 6.92 Å². The molecule has 0 saturated heterocycles. The van der Waals surface area contributed by atoms with Crippen molar-refractivity contribution in [3.8, 4) is 0 Å². The molecular formula is C7H7FN2O2. The average molecular weight is 170 g/mol. The molecule has 64 valence electrons. The molecule has 1 aromatic rings. The molecule has 0 amide bonds. The first-order valence-electron chi connectivity index (χ1n) is 3.30. The standard InChI is InChI=1S/C7H7FN2O2/c1-4-3-6(10(11)12)7(8)5(2)9-4/h3H,1-2H3. The molecule has 0 fully saturated rings. The van der Waals surface area contributed by atoms with Crippen LogP contribution in [0.25, 0.3) is 0 Å². The molecule has 0 aliphatic heterocycles. The maximum Gasteiger partial charge on any atom is 0.308 e. The molecule has 0 radical (unpaired) electrons. The maximum absolute atomic E-state index is 12.9. The van der Waals surface area contributed by atoms with Crippen LogP contribution in [0.2, 0.25) is 0 Å². The van der Waals surface area contributed by atoms with Crippen LogP contribution in [0.15, 0.2) is 6.07 Å². The van der Waals surface area contributed by atoms with Crippen LogP contribution in [0, 0.1) is 29.8 Å². The molecular weight excluding hydrogens is 163 g/mol. The van der Waals surface area contributed by atoms with Crippen molar-refractivity contribution >= 4 is 5.69 Å². The Morgan fingerprint density at radius 2 is 2.17 bits per heavy atom. The molecule has 4 nitrogen and oxygen atoms in total. The largest absolute Gasteiger partial charge is 0.308 e. The summed E-state index contributed by atoms with van der Waals surface area (Å²) < 4.78 is 12.9. The van der Waals surface area contributed by atoms with Crippen LogP contribution in [0.1, 0.15) is 11.4 Å². The molecule has 0 saturated carbocycles. The van der Waals surface area contributed by atoms with Crippen LogP contribution < -0.4 is 0 Å². The molecule has 0 spiro atoms. The Kier molecular flexibility index (Phi) is 2.03. The first-order chi connectivity index (χ1) is 5.52. The third kappa shape index (κ3) is 1.39. The highest BCUT2D eigenvalue weighted by atomic mass is 19.1. The summed E-state index contributed by atoms with van der Waals surface area (Å²) in [6, 6.07) is 1.11. The van der Waals surface area contributed by atoms with Gasteiger partial charge in [-0.05, 0) is 13.8 Å². The minimum Gasteiger partial charge on any atom is -0.258 e. The molecule has 0 aliphatic rings. The van der Waals surface area contributed by atoms with E-state index < -0.39 is 16.4 Å². The smallest absolute Gasteiger partial charge is 0.258 e. The zero-order valence-electron chi connectivity index (χ0n) is 6.67. The van der Waals surface area contributed by atoms with Gasteiger partial charge in [-0.15, -0.1) is 0 Å². The van der Waals surface area contributed by atoms with Gasteiger partial charge in [0, 0.05) is 11.8 Å². The maximum atomic E-state index is 12.9. The van der Waals surface area contributed by atoms with Crippen LogP contribution in [-0.2, 0) is 0 Å². The Balaban J connectivity index is 3.37. The molecule has 1 rings (SSSR count). The first-order valence-corrected chi connectivity index (χ1v) is 3.30. The van der Waals surface area contributed by atoms with E-state index in [9.17, 15) is 14.5 Å². The molecule has 5 heteroatoms. The summed E-state index contributed by atoms with van der Waals surface area (Å²) in [6.45, 7) is 2.98. The van der Waals surface area contributed by atoms with Gasteiger partial charge in [0.05, 0.1) is 10.6 Å². The molecule has 0 N–H and O–H groups in total. The van der Waals surface area contributed by atoms with E-state index in [0.717, 1.165) is 6.07 Å². The monoisotopic (exact) mass is 170 g/mol. The number of aromatic nitrogens is 1. The van der Waals surface area contributed by atoms with Gasteiger partial charge in [-0.1, -0.05) is 0 Å². The number of halogens is 1. The van der Waals surface area contributed by atoms with Crippen LogP contribution in [0.3, 0.4) is 0 Å². The fourth-order valence-electron chi connectivity index (χ4n) is 0.925. The van der Waals surface area contributed by atoms with E-state index in [1.165, 1.54) is 6.92 Å². The van der Waals surface area contributed by atoms with Crippen molar-refractivity contribution in [1.82, 2.24) is 4.98 Å². The predicted octanol–water partition coefficient (Wildman–Crippen LogP) is 1.75. The second kappa shape index (κ2) is 2.84. The first kappa shape index (κ1) is 8.58. The molecule has 12 heavy (non-hydrogen) atoms. The third-order valence-electron chi connectivity index (χ3n) is 1.43. The fourth-order valence-corrected chi connectivity index (χ4v) is 0.925. The van der Waals surface area contributed by atoms with E-state index >= 15 is 0 Å². The number of aryl methyl sites for hydroxylation is 2. The average Bonchev–Trinajstić information content (AvgIpc) is 1.96. The van der Waals surface area contributed by atoms with Gasteiger partial charge >= 0.3 is 5.69 Å².